The van der Waals surface area contributed by atoms with Gasteiger partial charge in [-0.2, -0.15) is 9.97 Å². The first kappa shape index (κ1) is 34.0. The molecule has 3 heterocycles. The molecule has 0 amide bonds. The smallest absolute Gasteiger partial charge is 0.238 e. The molecule has 0 atom stereocenters. The average molecular weight is 781 g/mol. The fourth-order valence-corrected chi connectivity index (χ4v) is 10.2. The molecule has 0 N–H and O–H groups in total. The van der Waals surface area contributed by atoms with Crippen molar-refractivity contribution in [1.82, 2.24) is 19.5 Å². The number of para-hydroxylation sites is 2. The number of nitrogens with zero attached hydrogens (tertiary/aromatic N) is 4. The lowest BCUT2D eigenvalue weighted by Gasteiger charge is -2.25. The molecule has 0 fully saturated rings. The van der Waals surface area contributed by atoms with Crippen molar-refractivity contribution in [2.45, 2.75) is 19.3 Å². The fourth-order valence-electron chi connectivity index (χ4n) is 10.2. The summed E-state index contributed by atoms with van der Waals surface area (Å²) in [5.41, 5.74) is 12.9. The van der Waals surface area contributed by atoms with Gasteiger partial charge in [0.05, 0.1) is 11.0 Å². The van der Waals surface area contributed by atoms with Crippen molar-refractivity contribution in [1.29, 1.82) is 0 Å². The molecule has 12 aromatic rings. The van der Waals surface area contributed by atoms with E-state index in [1.54, 1.807) is 0 Å². The lowest BCUT2D eigenvalue weighted by atomic mass is 9.78. The van der Waals surface area contributed by atoms with Crippen molar-refractivity contribution in [2.24, 2.45) is 0 Å². The number of hydrogen-bond acceptors (Lipinski definition) is 4. The van der Waals surface area contributed by atoms with E-state index in [4.69, 9.17) is 19.4 Å². The molecule has 0 bridgehead atoms. The van der Waals surface area contributed by atoms with Crippen LogP contribution in [0.25, 0.3) is 116 Å². The Morgan fingerprint density at radius 2 is 1.05 bits per heavy atom. The number of benzene rings is 9. The molecule has 0 spiro atoms. The molecule has 0 unspecified atom stereocenters. The van der Waals surface area contributed by atoms with Crippen molar-refractivity contribution in [3.05, 3.63) is 193 Å². The minimum absolute atomic E-state index is 0.215. The minimum Gasteiger partial charge on any atom is -0.456 e. The van der Waals surface area contributed by atoms with E-state index in [-0.39, 0.29) is 5.41 Å². The van der Waals surface area contributed by atoms with Crippen LogP contribution < -0.4 is 0 Å². The third kappa shape index (κ3) is 4.92. The van der Waals surface area contributed by atoms with Gasteiger partial charge in [-0.3, -0.25) is 4.57 Å². The SMILES string of the molecule is CC1(C)c2ccccc2-c2cccc(-c3cccc4c5c6ccccc6ccc5n(-c5nc(-c6ccc7ccccc7c6)nc(-c6ccc7c(c6)oc6ccccc67)n5)c34)c21. The van der Waals surface area contributed by atoms with Crippen LogP contribution in [0.3, 0.4) is 0 Å². The summed E-state index contributed by atoms with van der Waals surface area (Å²) in [4.78, 5) is 16.1. The van der Waals surface area contributed by atoms with Crippen molar-refractivity contribution in [2.75, 3.05) is 0 Å². The van der Waals surface area contributed by atoms with E-state index in [0.717, 1.165) is 65.8 Å². The third-order valence-corrected chi connectivity index (χ3v) is 13.0. The highest BCUT2D eigenvalue weighted by Crippen LogP contribution is 2.53. The maximum atomic E-state index is 6.40. The molecule has 0 saturated carbocycles. The molecular weight excluding hydrogens is 745 g/mol. The number of hydrogen-bond donors (Lipinski definition) is 0. The van der Waals surface area contributed by atoms with E-state index < -0.39 is 0 Å². The van der Waals surface area contributed by atoms with Crippen LogP contribution in [0.5, 0.6) is 0 Å². The van der Waals surface area contributed by atoms with Crippen LogP contribution >= 0.6 is 0 Å². The van der Waals surface area contributed by atoms with E-state index in [9.17, 15) is 0 Å². The van der Waals surface area contributed by atoms with E-state index in [0.29, 0.717) is 17.6 Å². The standard InChI is InChI=1S/C56H36N4O/c1-56(2)46-23-9-7-17-39(46)42-19-11-20-43(51(42)56)44-21-12-22-45-50-38-16-6-5-14-34(38)28-30-47(50)60(52(44)45)55-58-53(36-26-25-33-13-3-4-15-35(33)31-36)57-54(59-55)37-27-29-41-40-18-8-10-24-48(40)61-49(41)32-37/h3-32H,1-2H3. The molecule has 0 radical (unpaired) electrons. The van der Waals surface area contributed by atoms with Crippen LogP contribution in [0.15, 0.2) is 186 Å². The maximum absolute atomic E-state index is 6.40. The van der Waals surface area contributed by atoms with Gasteiger partial charge in [0.2, 0.25) is 5.95 Å². The van der Waals surface area contributed by atoms with Crippen LogP contribution in [0.1, 0.15) is 25.0 Å². The van der Waals surface area contributed by atoms with Gasteiger partial charge in [-0.15, -0.1) is 0 Å². The van der Waals surface area contributed by atoms with Crippen LogP contribution in [0.4, 0.5) is 0 Å². The summed E-state index contributed by atoms with van der Waals surface area (Å²) in [7, 11) is 0. The lowest BCUT2D eigenvalue weighted by Crippen LogP contribution is -2.16. The van der Waals surface area contributed by atoms with Crippen molar-refractivity contribution in [3.8, 4) is 51.0 Å². The number of fused-ring (bicyclic) bond motifs is 12. The highest BCUT2D eigenvalue weighted by molar-refractivity contribution is 6.23. The zero-order valence-corrected chi connectivity index (χ0v) is 33.5. The topological polar surface area (TPSA) is 56.7 Å². The molecule has 5 nitrogen and oxygen atoms in total. The van der Waals surface area contributed by atoms with E-state index in [1.165, 1.54) is 44.0 Å². The Labute approximate surface area is 351 Å². The normalized spacial score (nSPS) is 13.2. The molecule has 0 saturated heterocycles. The van der Waals surface area contributed by atoms with Gasteiger partial charge in [-0.1, -0.05) is 166 Å². The van der Waals surface area contributed by atoms with Crippen LogP contribution in [-0.2, 0) is 5.41 Å². The predicted molar refractivity (Wildman–Crippen MR) is 250 cm³/mol. The average Bonchev–Trinajstić information content (AvgIpc) is 3.94. The van der Waals surface area contributed by atoms with Gasteiger partial charge in [0.1, 0.15) is 11.2 Å². The van der Waals surface area contributed by atoms with Gasteiger partial charge in [-0.25, -0.2) is 4.98 Å². The summed E-state index contributed by atoms with van der Waals surface area (Å²) in [5.74, 6) is 1.72. The van der Waals surface area contributed by atoms with E-state index >= 15 is 0 Å². The second kappa shape index (κ2) is 12.6. The van der Waals surface area contributed by atoms with Gasteiger partial charge in [0.25, 0.3) is 0 Å². The monoisotopic (exact) mass is 780 g/mol. The Morgan fingerprint density at radius 1 is 0.443 bits per heavy atom. The van der Waals surface area contributed by atoms with Crippen LogP contribution in [-0.4, -0.2) is 19.5 Å². The Hall–Kier alpha value is -7.89. The van der Waals surface area contributed by atoms with Crippen LogP contribution in [0, 0.1) is 0 Å². The van der Waals surface area contributed by atoms with Crippen molar-refractivity contribution < 1.29 is 4.42 Å². The van der Waals surface area contributed by atoms with E-state index in [2.05, 4.69) is 182 Å². The molecule has 61 heavy (non-hydrogen) atoms. The molecule has 0 aliphatic heterocycles. The first-order chi connectivity index (χ1) is 30.0. The fraction of sp³-hybridized carbons (Fsp3) is 0.0536. The maximum Gasteiger partial charge on any atom is 0.238 e. The number of rotatable bonds is 4. The predicted octanol–water partition coefficient (Wildman–Crippen LogP) is 14.5. The molecule has 1 aliphatic rings. The molecule has 13 rings (SSSR count). The Balaban J connectivity index is 1.14. The zero-order chi connectivity index (χ0) is 40.4. The zero-order valence-electron chi connectivity index (χ0n) is 33.5. The molecular formula is C56H36N4O. The second-order valence-electron chi connectivity index (χ2n) is 16.8. The third-order valence-electron chi connectivity index (χ3n) is 13.0. The molecule has 286 valence electrons. The van der Waals surface area contributed by atoms with Gasteiger partial charge in [0.15, 0.2) is 11.6 Å². The Morgan fingerprint density at radius 3 is 1.92 bits per heavy atom. The summed E-state index contributed by atoms with van der Waals surface area (Å²) in [6, 6.07) is 64.8. The summed E-state index contributed by atoms with van der Waals surface area (Å²) in [6.07, 6.45) is 0. The summed E-state index contributed by atoms with van der Waals surface area (Å²) < 4.78 is 8.69. The molecule has 5 heteroatoms. The number of furan rings is 1. The minimum atomic E-state index is -0.215. The Bertz CT molecular complexity index is 3810. The van der Waals surface area contributed by atoms with Crippen molar-refractivity contribution >= 4 is 65.3 Å². The highest BCUT2D eigenvalue weighted by Gasteiger charge is 2.38. The Kier molecular flexibility index (Phi) is 7.00. The summed E-state index contributed by atoms with van der Waals surface area (Å²) in [5, 5.41) is 9.12. The van der Waals surface area contributed by atoms with Crippen LogP contribution in [0.2, 0.25) is 0 Å². The molecule has 9 aromatic carbocycles. The summed E-state index contributed by atoms with van der Waals surface area (Å²) in [6.45, 7) is 4.72. The first-order valence-corrected chi connectivity index (χ1v) is 20.9. The highest BCUT2D eigenvalue weighted by atomic mass is 16.3. The molecule has 3 aromatic heterocycles. The van der Waals surface area contributed by atoms with Crippen molar-refractivity contribution in [3.63, 3.8) is 0 Å². The summed E-state index contributed by atoms with van der Waals surface area (Å²) >= 11 is 0. The van der Waals surface area contributed by atoms with Gasteiger partial charge >= 0.3 is 0 Å². The second-order valence-corrected chi connectivity index (χ2v) is 16.8. The first-order valence-electron chi connectivity index (χ1n) is 20.9. The molecule has 1 aliphatic carbocycles. The quantitative estimate of drug-likeness (QED) is 0.178. The van der Waals surface area contributed by atoms with Gasteiger partial charge < -0.3 is 4.42 Å². The lowest BCUT2D eigenvalue weighted by molar-refractivity contribution is 0.662. The van der Waals surface area contributed by atoms with Gasteiger partial charge in [0, 0.05) is 43.7 Å². The van der Waals surface area contributed by atoms with E-state index in [1.807, 2.05) is 18.2 Å². The largest absolute Gasteiger partial charge is 0.456 e. The van der Waals surface area contributed by atoms with Gasteiger partial charge in [-0.05, 0) is 79.7 Å². The number of aromatic nitrogens is 4.